The minimum absolute atomic E-state index is 0. The second-order valence-electron chi connectivity index (χ2n) is 6.07. The first kappa shape index (κ1) is 18.8. The van der Waals surface area contributed by atoms with Crippen LogP contribution in [0.2, 0.25) is 0 Å². The van der Waals surface area contributed by atoms with Crippen LogP contribution in [0.1, 0.15) is 29.5 Å². The van der Waals surface area contributed by atoms with Crippen molar-refractivity contribution < 1.29 is 4.52 Å². The molecule has 3 heterocycles. The van der Waals surface area contributed by atoms with Crippen LogP contribution >= 0.6 is 44.2 Å². The third-order valence-corrected chi connectivity index (χ3v) is 5.93. The number of hydrogen-bond donors (Lipinski definition) is 1. The van der Waals surface area contributed by atoms with Crippen LogP contribution in [0.25, 0.3) is 22.5 Å². The minimum atomic E-state index is 0. The Morgan fingerprint density at radius 2 is 2.08 bits per heavy atom. The monoisotopic (exact) mass is 483 g/mol. The Morgan fingerprint density at radius 3 is 2.84 bits per heavy atom. The summed E-state index contributed by atoms with van der Waals surface area (Å²) in [6.45, 7) is 4.11. The number of nitrogens with zero attached hydrogens (tertiary/aromatic N) is 2. The molecule has 4 rings (SSSR count). The van der Waals surface area contributed by atoms with Gasteiger partial charge in [-0.25, -0.2) is 4.98 Å². The van der Waals surface area contributed by atoms with Crippen molar-refractivity contribution in [2.75, 3.05) is 13.1 Å². The van der Waals surface area contributed by atoms with Gasteiger partial charge in [-0.3, -0.25) is 0 Å². The lowest BCUT2D eigenvalue weighted by Crippen LogP contribution is -2.26. The molecular formula is C18H19Br2N3OS. The number of piperidine rings is 1. The van der Waals surface area contributed by atoms with Gasteiger partial charge in [0.15, 0.2) is 0 Å². The summed E-state index contributed by atoms with van der Waals surface area (Å²) in [6, 6.07) is 8.12. The number of nitrogens with one attached hydrogen (secondary N) is 1. The maximum absolute atomic E-state index is 5.49. The van der Waals surface area contributed by atoms with Crippen molar-refractivity contribution in [3.8, 4) is 22.5 Å². The number of rotatable bonds is 3. The van der Waals surface area contributed by atoms with Gasteiger partial charge in [0.1, 0.15) is 11.5 Å². The fraction of sp³-hybridized carbons (Fsp3) is 0.333. The van der Waals surface area contributed by atoms with Gasteiger partial charge in [0, 0.05) is 21.3 Å². The van der Waals surface area contributed by atoms with Crippen molar-refractivity contribution in [2.24, 2.45) is 0 Å². The van der Waals surface area contributed by atoms with Crippen LogP contribution in [0.3, 0.4) is 0 Å². The standard InChI is InChI=1S/C18H18BrN3OS.BrH/c1-11-16(17(22-23-11)13-3-2-4-14(19)9-13)15-10-24-18(21-15)12-5-7-20-8-6-12;/h2-4,9-10,12,20H,5-8H2,1H3;1H. The zero-order valence-corrected chi connectivity index (χ0v) is 17.9. The van der Waals surface area contributed by atoms with E-state index in [1.54, 1.807) is 11.3 Å². The Morgan fingerprint density at radius 1 is 1.28 bits per heavy atom. The maximum atomic E-state index is 5.49. The molecule has 0 aliphatic carbocycles. The summed E-state index contributed by atoms with van der Waals surface area (Å²) in [6.07, 6.45) is 2.32. The third kappa shape index (κ3) is 3.89. The zero-order valence-electron chi connectivity index (χ0n) is 13.8. The lowest BCUT2D eigenvalue weighted by Gasteiger charge is -2.20. The summed E-state index contributed by atoms with van der Waals surface area (Å²) in [5.74, 6) is 1.38. The van der Waals surface area contributed by atoms with E-state index in [4.69, 9.17) is 9.51 Å². The fourth-order valence-electron chi connectivity index (χ4n) is 3.17. The van der Waals surface area contributed by atoms with E-state index >= 15 is 0 Å². The van der Waals surface area contributed by atoms with Crippen LogP contribution in [0.4, 0.5) is 0 Å². The molecule has 0 spiro atoms. The van der Waals surface area contributed by atoms with E-state index in [1.165, 1.54) is 5.01 Å². The van der Waals surface area contributed by atoms with Crippen LogP contribution < -0.4 is 5.32 Å². The van der Waals surface area contributed by atoms with E-state index in [9.17, 15) is 0 Å². The van der Waals surface area contributed by atoms with Gasteiger partial charge in [-0.15, -0.1) is 28.3 Å². The predicted octanol–water partition coefficient (Wildman–Crippen LogP) is 5.58. The summed E-state index contributed by atoms with van der Waals surface area (Å²) in [7, 11) is 0. The van der Waals surface area contributed by atoms with Gasteiger partial charge < -0.3 is 9.84 Å². The Kier molecular flexibility index (Phi) is 6.09. The predicted molar refractivity (Wildman–Crippen MR) is 111 cm³/mol. The summed E-state index contributed by atoms with van der Waals surface area (Å²) in [5.41, 5.74) is 3.87. The molecule has 0 atom stereocenters. The minimum Gasteiger partial charge on any atom is -0.360 e. The van der Waals surface area contributed by atoms with Gasteiger partial charge in [-0.1, -0.05) is 33.2 Å². The van der Waals surface area contributed by atoms with Gasteiger partial charge in [-0.05, 0) is 45.0 Å². The van der Waals surface area contributed by atoms with Crippen molar-refractivity contribution in [1.29, 1.82) is 0 Å². The first-order chi connectivity index (χ1) is 11.7. The molecule has 3 aromatic rings. The molecule has 25 heavy (non-hydrogen) atoms. The number of aryl methyl sites for hydroxylation is 1. The van der Waals surface area contributed by atoms with Crippen LogP contribution in [-0.4, -0.2) is 23.2 Å². The zero-order chi connectivity index (χ0) is 16.5. The van der Waals surface area contributed by atoms with Crippen LogP contribution in [-0.2, 0) is 0 Å². The molecule has 1 aliphatic rings. The summed E-state index contributed by atoms with van der Waals surface area (Å²) >= 11 is 5.28. The van der Waals surface area contributed by atoms with Gasteiger partial charge in [0.25, 0.3) is 0 Å². The average Bonchev–Trinajstić information content (AvgIpc) is 3.22. The van der Waals surface area contributed by atoms with E-state index in [-0.39, 0.29) is 17.0 Å². The Bertz CT molecular complexity index is 856. The quantitative estimate of drug-likeness (QED) is 0.527. The SMILES string of the molecule is Br.Cc1onc(-c2cccc(Br)c2)c1-c1csc(C2CCNCC2)n1. The van der Waals surface area contributed by atoms with Gasteiger partial charge in [0.2, 0.25) is 0 Å². The maximum Gasteiger partial charge on any atom is 0.143 e. The molecule has 1 fully saturated rings. The van der Waals surface area contributed by atoms with Crippen molar-refractivity contribution in [1.82, 2.24) is 15.5 Å². The summed E-state index contributed by atoms with van der Waals surface area (Å²) in [5, 5.41) is 11.1. The van der Waals surface area contributed by atoms with E-state index < -0.39 is 0 Å². The molecule has 1 saturated heterocycles. The lowest BCUT2D eigenvalue weighted by atomic mass is 9.99. The Labute approximate surface area is 169 Å². The molecule has 0 bridgehead atoms. The number of hydrogen-bond acceptors (Lipinski definition) is 5. The Hall–Kier alpha value is -1.02. The molecule has 1 N–H and O–H groups in total. The first-order valence-electron chi connectivity index (χ1n) is 8.11. The van der Waals surface area contributed by atoms with Crippen molar-refractivity contribution in [3.05, 3.63) is 44.9 Å². The largest absolute Gasteiger partial charge is 0.360 e. The lowest BCUT2D eigenvalue weighted by molar-refractivity contribution is 0.400. The normalized spacial score (nSPS) is 15.1. The highest BCUT2D eigenvalue weighted by Crippen LogP contribution is 2.37. The van der Waals surface area contributed by atoms with Crippen LogP contribution in [0.15, 0.2) is 38.6 Å². The van der Waals surface area contributed by atoms with Crippen molar-refractivity contribution in [3.63, 3.8) is 0 Å². The molecule has 0 radical (unpaired) electrons. The number of thiazole rings is 1. The summed E-state index contributed by atoms with van der Waals surface area (Å²) in [4.78, 5) is 4.92. The second-order valence-corrected chi connectivity index (χ2v) is 7.87. The average molecular weight is 485 g/mol. The summed E-state index contributed by atoms with van der Waals surface area (Å²) < 4.78 is 6.52. The highest BCUT2D eigenvalue weighted by molar-refractivity contribution is 9.10. The molecule has 0 amide bonds. The molecular weight excluding hydrogens is 466 g/mol. The van der Waals surface area contributed by atoms with Crippen LogP contribution in [0.5, 0.6) is 0 Å². The highest BCUT2D eigenvalue weighted by atomic mass is 79.9. The van der Waals surface area contributed by atoms with Gasteiger partial charge in [0.05, 0.1) is 16.3 Å². The molecule has 2 aromatic heterocycles. The molecule has 0 saturated carbocycles. The molecule has 4 nitrogen and oxygen atoms in total. The molecule has 1 aromatic carbocycles. The third-order valence-electron chi connectivity index (χ3n) is 4.43. The molecule has 132 valence electrons. The van der Waals surface area contributed by atoms with E-state index in [0.29, 0.717) is 5.92 Å². The number of halogens is 2. The highest BCUT2D eigenvalue weighted by Gasteiger charge is 2.23. The van der Waals surface area contributed by atoms with E-state index in [2.05, 4.69) is 37.8 Å². The van der Waals surface area contributed by atoms with Crippen molar-refractivity contribution in [2.45, 2.75) is 25.7 Å². The Balaban J connectivity index is 0.00000182. The van der Waals surface area contributed by atoms with Crippen molar-refractivity contribution >= 4 is 44.2 Å². The first-order valence-corrected chi connectivity index (χ1v) is 9.78. The van der Waals surface area contributed by atoms with Gasteiger partial charge in [-0.2, -0.15) is 0 Å². The van der Waals surface area contributed by atoms with E-state index in [0.717, 1.165) is 58.7 Å². The van der Waals surface area contributed by atoms with Crippen LogP contribution in [0, 0.1) is 6.92 Å². The topological polar surface area (TPSA) is 51.0 Å². The molecule has 1 aliphatic heterocycles. The number of benzene rings is 1. The molecule has 7 heteroatoms. The fourth-order valence-corrected chi connectivity index (χ4v) is 4.55. The van der Waals surface area contributed by atoms with Gasteiger partial charge >= 0.3 is 0 Å². The van der Waals surface area contributed by atoms with E-state index in [1.807, 2.05) is 25.1 Å². The molecule has 0 unspecified atom stereocenters. The number of aromatic nitrogens is 2. The second kappa shape index (κ2) is 8.12. The smallest absolute Gasteiger partial charge is 0.143 e.